The second-order valence-corrected chi connectivity index (χ2v) is 6.18. The van der Waals surface area contributed by atoms with Crippen LogP contribution in [0.5, 0.6) is 0 Å². The van der Waals surface area contributed by atoms with E-state index in [1.54, 1.807) is 12.3 Å². The fourth-order valence-corrected chi connectivity index (χ4v) is 2.56. The van der Waals surface area contributed by atoms with Gasteiger partial charge in [0.15, 0.2) is 11.2 Å². The molecular formula is C19H17F3N2O2. The van der Waals surface area contributed by atoms with Crippen molar-refractivity contribution in [2.45, 2.75) is 38.8 Å². The number of benzene rings is 1. The fraction of sp³-hybridized carbons (Fsp3) is 0.316. The zero-order chi connectivity index (χ0) is 18.7. The van der Waals surface area contributed by atoms with E-state index in [0.29, 0.717) is 11.2 Å². The van der Waals surface area contributed by atoms with E-state index in [1.165, 1.54) is 0 Å². The van der Waals surface area contributed by atoms with Gasteiger partial charge in [0.05, 0.1) is 0 Å². The van der Waals surface area contributed by atoms with Gasteiger partial charge in [-0.15, -0.1) is 0 Å². The summed E-state index contributed by atoms with van der Waals surface area (Å²) in [6.07, 6.45) is -3.43. The summed E-state index contributed by atoms with van der Waals surface area (Å²) < 4.78 is 41.8. The average molecular weight is 362 g/mol. The van der Waals surface area contributed by atoms with E-state index in [2.05, 4.69) is 9.97 Å². The van der Waals surface area contributed by atoms with Gasteiger partial charge in [-0.25, -0.2) is 4.98 Å². The van der Waals surface area contributed by atoms with Crippen molar-refractivity contribution in [1.29, 1.82) is 0 Å². The van der Waals surface area contributed by atoms with Crippen LogP contribution in [-0.2, 0) is 0 Å². The number of unbranched alkanes of at least 4 members (excludes halogenated alkanes) is 1. The molecule has 0 atom stereocenters. The first kappa shape index (κ1) is 18.1. The largest absolute Gasteiger partial charge is 0.432 e. The molecule has 0 fully saturated rings. The van der Waals surface area contributed by atoms with Gasteiger partial charge in [-0.2, -0.15) is 18.2 Å². The second kappa shape index (κ2) is 7.27. The Labute approximate surface area is 148 Å². The highest BCUT2D eigenvalue weighted by Gasteiger charge is 2.26. The maximum absolute atomic E-state index is 12.1. The third-order valence-electron chi connectivity index (χ3n) is 3.98. The number of oxazole rings is 1. The van der Waals surface area contributed by atoms with Crippen molar-refractivity contribution in [3.63, 3.8) is 0 Å². The van der Waals surface area contributed by atoms with Crippen LogP contribution in [0.2, 0.25) is 0 Å². The minimum absolute atomic E-state index is 0.0340. The first-order chi connectivity index (χ1) is 12.3. The van der Waals surface area contributed by atoms with Crippen LogP contribution in [-0.4, -0.2) is 21.9 Å². The molecule has 0 radical (unpaired) electrons. The number of alkyl halides is 3. The molecule has 4 nitrogen and oxygen atoms in total. The molecule has 1 aromatic carbocycles. The van der Waals surface area contributed by atoms with Gasteiger partial charge in [0, 0.05) is 24.6 Å². The van der Waals surface area contributed by atoms with Crippen LogP contribution in [0.15, 0.2) is 40.9 Å². The lowest BCUT2D eigenvalue weighted by molar-refractivity contribution is -0.135. The molecule has 0 saturated heterocycles. The molecule has 0 N–H and O–H groups in total. The van der Waals surface area contributed by atoms with Gasteiger partial charge in [-0.3, -0.25) is 4.79 Å². The van der Waals surface area contributed by atoms with Gasteiger partial charge < -0.3 is 4.42 Å². The normalized spacial score (nSPS) is 11.8. The highest BCUT2D eigenvalue weighted by atomic mass is 19.4. The van der Waals surface area contributed by atoms with E-state index >= 15 is 0 Å². The SMILES string of the molecule is Cc1ccc(-c2cnc3nc(C(=O)CCCCC(F)(F)F)oc3c2)cc1. The number of fused-ring (bicyclic) bond motifs is 1. The molecule has 7 heteroatoms. The minimum Gasteiger partial charge on any atom is -0.432 e. The minimum atomic E-state index is -4.20. The number of aromatic nitrogens is 2. The lowest BCUT2D eigenvalue weighted by atomic mass is 10.1. The van der Waals surface area contributed by atoms with E-state index < -0.39 is 18.4 Å². The molecule has 136 valence electrons. The summed E-state index contributed by atoms with van der Waals surface area (Å²) in [6, 6.07) is 9.63. The highest BCUT2D eigenvalue weighted by Crippen LogP contribution is 2.25. The molecule has 26 heavy (non-hydrogen) atoms. The summed E-state index contributed by atoms with van der Waals surface area (Å²) in [6.45, 7) is 1.99. The van der Waals surface area contributed by atoms with Gasteiger partial charge in [0.2, 0.25) is 5.78 Å². The zero-order valence-electron chi connectivity index (χ0n) is 14.1. The number of carbonyl (C=O) groups excluding carboxylic acids is 1. The number of hydrogen-bond donors (Lipinski definition) is 0. The first-order valence-corrected chi connectivity index (χ1v) is 8.25. The maximum Gasteiger partial charge on any atom is 0.389 e. The molecular weight excluding hydrogens is 345 g/mol. The van der Waals surface area contributed by atoms with Crippen molar-refractivity contribution in [3.8, 4) is 11.1 Å². The van der Waals surface area contributed by atoms with E-state index in [9.17, 15) is 18.0 Å². The molecule has 0 unspecified atom stereocenters. The number of Topliss-reactive ketones (excluding diaryl/α,β-unsaturated/α-hetero) is 1. The van der Waals surface area contributed by atoms with Crippen molar-refractivity contribution >= 4 is 17.0 Å². The van der Waals surface area contributed by atoms with Crippen LogP contribution in [0, 0.1) is 6.92 Å². The van der Waals surface area contributed by atoms with E-state index in [1.807, 2.05) is 31.2 Å². The Kier molecular flexibility index (Phi) is 5.06. The van der Waals surface area contributed by atoms with Crippen LogP contribution >= 0.6 is 0 Å². The van der Waals surface area contributed by atoms with Crippen molar-refractivity contribution < 1.29 is 22.4 Å². The molecule has 2 heterocycles. The first-order valence-electron chi connectivity index (χ1n) is 8.25. The molecule has 0 aliphatic heterocycles. The lowest BCUT2D eigenvalue weighted by Gasteiger charge is -2.04. The summed E-state index contributed by atoms with van der Waals surface area (Å²) in [7, 11) is 0. The van der Waals surface area contributed by atoms with Crippen molar-refractivity contribution in [2.75, 3.05) is 0 Å². The fourth-order valence-electron chi connectivity index (χ4n) is 2.56. The topological polar surface area (TPSA) is 56.0 Å². The van der Waals surface area contributed by atoms with Gasteiger partial charge in [-0.05, 0) is 31.4 Å². The Balaban J connectivity index is 1.70. The number of halogens is 3. The van der Waals surface area contributed by atoms with Crippen LogP contribution in [0.1, 0.15) is 41.9 Å². The lowest BCUT2D eigenvalue weighted by Crippen LogP contribution is -2.07. The third-order valence-corrected chi connectivity index (χ3v) is 3.98. The second-order valence-electron chi connectivity index (χ2n) is 6.18. The van der Waals surface area contributed by atoms with E-state index in [0.717, 1.165) is 16.7 Å². The number of pyridine rings is 1. The maximum atomic E-state index is 12.1. The number of nitrogens with zero attached hydrogens (tertiary/aromatic N) is 2. The Bertz CT molecular complexity index is 915. The number of ketones is 1. The standard InChI is InChI=1S/C19H17F3N2O2/c1-12-5-7-13(8-6-12)14-10-16-17(23-11-14)24-18(26-16)15(25)4-2-3-9-19(20,21)22/h5-8,10-11H,2-4,9H2,1H3. The van der Waals surface area contributed by atoms with Gasteiger partial charge >= 0.3 is 6.18 Å². The van der Waals surface area contributed by atoms with Gasteiger partial charge in [0.1, 0.15) is 0 Å². The Hall–Kier alpha value is -2.70. The predicted molar refractivity (Wildman–Crippen MR) is 90.8 cm³/mol. The average Bonchev–Trinajstić information content (AvgIpc) is 3.01. The van der Waals surface area contributed by atoms with E-state index in [4.69, 9.17) is 4.42 Å². The molecule has 3 aromatic rings. The van der Waals surface area contributed by atoms with E-state index in [-0.39, 0.29) is 25.2 Å². The summed E-state index contributed by atoms with van der Waals surface area (Å²) in [5, 5.41) is 0. The molecule has 0 bridgehead atoms. The number of hydrogen-bond acceptors (Lipinski definition) is 4. The molecule has 3 rings (SSSR count). The molecule has 2 aromatic heterocycles. The molecule has 0 saturated carbocycles. The Morgan fingerprint density at radius 1 is 1.12 bits per heavy atom. The molecule has 0 aliphatic carbocycles. The quantitative estimate of drug-likeness (QED) is 0.429. The number of rotatable bonds is 6. The van der Waals surface area contributed by atoms with Gasteiger partial charge in [-0.1, -0.05) is 29.8 Å². The predicted octanol–water partition coefficient (Wildman–Crippen LogP) is 5.50. The third kappa shape index (κ3) is 4.47. The molecule has 0 spiro atoms. The monoisotopic (exact) mass is 362 g/mol. The van der Waals surface area contributed by atoms with Gasteiger partial charge in [0.25, 0.3) is 5.89 Å². The summed E-state index contributed by atoms with van der Waals surface area (Å²) in [4.78, 5) is 20.3. The van der Waals surface area contributed by atoms with Crippen LogP contribution in [0.25, 0.3) is 22.4 Å². The summed E-state index contributed by atoms with van der Waals surface area (Å²) in [5.74, 6) is -0.525. The van der Waals surface area contributed by atoms with Crippen molar-refractivity contribution in [2.24, 2.45) is 0 Å². The molecule has 0 amide bonds. The summed E-state index contributed by atoms with van der Waals surface area (Å²) in [5.41, 5.74) is 3.61. The molecule has 0 aliphatic rings. The highest BCUT2D eigenvalue weighted by molar-refractivity contribution is 5.93. The van der Waals surface area contributed by atoms with Crippen molar-refractivity contribution in [1.82, 2.24) is 9.97 Å². The summed E-state index contributed by atoms with van der Waals surface area (Å²) >= 11 is 0. The Morgan fingerprint density at radius 3 is 2.54 bits per heavy atom. The van der Waals surface area contributed by atoms with Crippen LogP contribution in [0.4, 0.5) is 13.2 Å². The van der Waals surface area contributed by atoms with Crippen LogP contribution < -0.4 is 0 Å². The zero-order valence-corrected chi connectivity index (χ0v) is 14.1. The smallest absolute Gasteiger partial charge is 0.389 e. The van der Waals surface area contributed by atoms with Crippen molar-refractivity contribution in [3.05, 3.63) is 48.0 Å². The van der Waals surface area contributed by atoms with Crippen LogP contribution in [0.3, 0.4) is 0 Å². The Morgan fingerprint density at radius 2 is 1.85 bits per heavy atom. The number of aryl methyl sites for hydroxylation is 1. The number of carbonyl (C=O) groups is 1.